The molecule has 1 saturated carbocycles. The molecular weight excluding hydrogens is 210 g/mol. The minimum Gasteiger partial charge on any atom is -0.469 e. The molecule has 1 atom stereocenters. The summed E-state index contributed by atoms with van der Waals surface area (Å²) in [6.45, 7) is 7.67. The molecule has 1 aromatic rings. The Morgan fingerprint density at radius 2 is 2.06 bits per heavy atom. The van der Waals surface area contributed by atoms with E-state index in [0.29, 0.717) is 6.04 Å². The van der Waals surface area contributed by atoms with Crippen molar-refractivity contribution in [2.24, 2.45) is 11.8 Å². The van der Waals surface area contributed by atoms with Crippen molar-refractivity contribution >= 4 is 0 Å². The average molecular weight is 235 g/mol. The number of aryl methyl sites for hydroxylation is 1. The quantitative estimate of drug-likeness (QED) is 0.851. The van der Waals surface area contributed by atoms with Crippen LogP contribution < -0.4 is 5.32 Å². The van der Waals surface area contributed by atoms with E-state index in [-0.39, 0.29) is 0 Å². The molecule has 1 aliphatic rings. The highest BCUT2D eigenvalue weighted by Gasteiger charge is 2.28. The fourth-order valence-electron chi connectivity index (χ4n) is 3.09. The first-order valence-electron chi connectivity index (χ1n) is 6.99. The van der Waals surface area contributed by atoms with Gasteiger partial charge in [0.25, 0.3) is 0 Å². The molecule has 1 N–H and O–H groups in total. The van der Waals surface area contributed by atoms with Crippen molar-refractivity contribution in [3.8, 4) is 0 Å². The first kappa shape index (κ1) is 12.7. The standard InChI is InChI=1S/C15H25NO/c1-4-16-15(14-9-10-17-12(14)3)13-7-5-11(2)6-8-13/h9-11,13,15-16H,4-8H2,1-3H3. The largest absolute Gasteiger partial charge is 0.469 e. The molecule has 17 heavy (non-hydrogen) atoms. The van der Waals surface area contributed by atoms with E-state index in [0.717, 1.165) is 24.1 Å². The van der Waals surface area contributed by atoms with Crippen molar-refractivity contribution in [3.63, 3.8) is 0 Å². The average Bonchev–Trinajstić information content (AvgIpc) is 2.74. The predicted molar refractivity (Wildman–Crippen MR) is 71.0 cm³/mol. The van der Waals surface area contributed by atoms with Crippen LogP contribution in [0.3, 0.4) is 0 Å². The highest BCUT2D eigenvalue weighted by atomic mass is 16.3. The van der Waals surface area contributed by atoms with Crippen molar-refractivity contribution in [3.05, 3.63) is 23.7 Å². The summed E-state index contributed by atoms with van der Waals surface area (Å²) in [6.07, 6.45) is 7.28. The summed E-state index contributed by atoms with van der Waals surface area (Å²) >= 11 is 0. The van der Waals surface area contributed by atoms with Gasteiger partial charge in [-0.1, -0.05) is 26.7 Å². The molecule has 0 aromatic carbocycles. The molecule has 1 heterocycles. The molecule has 0 bridgehead atoms. The van der Waals surface area contributed by atoms with Crippen molar-refractivity contribution < 1.29 is 4.42 Å². The topological polar surface area (TPSA) is 25.2 Å². The minimum absolute atomic E-state index is 0.492. The molecule has 0 spiro atoms. The molecule has 0 radical (unpaired) electrons. The van der Waals surface area contributed by atoms with Gasteiger partial charge < -0.3 is 9.73 Å². The van der Waals surface area contributed by atoms with E-state index in [1.54, 1.807) is 0 Å². The van der Waals surface area contributed by atoms with Crippen LogP contribution in [0.2, 0.25) is 0 Å². The van der Waals surface area contributed by atoms with Crippen LogP contribution in [0, 0.1) is 18.8 Å². The first-order valence-corrected chi connectivity index (χ1v) is 6.99. The van der Waals surface area contributed by atoms with Crippen LogP contribution in [0.15, 0.2) is 16.7 Å². The van der Waals surface area contributed by atoms with Crippen molar-refractivity contribution in [2.45, 2.75) is 52.5 Å². The Morgan fingerprint density at radius 3 is 2.59 bits per heavy atom. The van der Waals surface area contributed by atoms with Crippen molar-refractivity contribution in [1.82, 2.24) is 5.32 Å². The number of furan rings is 1. The lowest BCUT2D eigenvalue weighted by Crippen LogP contribution is -2.30. The molecule has 1 aliphatic carbocycles. The van der Waals surface area contributed by atoms with Gasteiger partial charge in [-0.15, -0.1) is 0 Å². The second-order valence-corrected chi connectivity index (χ2v) is 5.49. The van der Waals surface area contributed by atoms with Crippen LogP contribution >= 0.6 is 0 Å². The van der Waals surface area contributed by atoms with Crippen LogP contribution in [-0.2, 0) is 0 Å². The number of hydrogen-bond acceptors (Lipinski definition) is 2. The van der Waals surface area contributed by atoms with Gasteiger partial charge in [-0.25, -0.2) is 0 Å². The zero-order valence-electron chi connectivity index (χ0n) is 11.3. The fourth-order valence-corrected chi connectivity index (χ4v) is 3.09. The molecular formula is C15H25NO. The van der Waals surface area contributed by atoms with Crippen molar-refractivity contribution in [2.75, 3.05) is 6.54 Å². The van der Waals surface area contributed by atoms with E-state index in [1.165, 1.54) is 31.2 Å². The number of nitrogens with one attached hydrogen (secondary N) is 1. The zero-order chi connectivity index (χ0) is 12.3. The molecule has 1 aromatic heterocycles. The molecule has 0 aliphatic heterocycles. The van der Waals surface area contributed by atoms with E-state index in [1.807, 2.05) is 6.26 Å². The van der Waals surface area contributed by atoms with E-state index < -0.39 is 0 Å². The Balaban J connectivity index is 2.09. The highest BCUT2D eigenvalue weighted by molar-refractivity contribution is 5.21. The maximum absolute atomic E-state index is 5.46. The minimum atomic E-state index is 0.492. The van der Waals surface area contributed by atoms with Gasteiger partial charge in [-0.05, 0) is 44.2 Å². The molecule has 96 valence electrons. The van der Waals surface area contributed by atoms with E-state index in [2.05, 4.69) is 32.2 Å². The van der Waals surface area contributed by atoms with Gasteiger partial charge in [0.15, 0.2) is 0 Å². The maximum Gasteiger partial charge on any atom is 0.105 e. The summed E-state index contributed by atoms with van der Waals surface area (Å²) in [5.74, 6) is 2.77. The predicted octanol–water partition coefficient (Wildman–Crippen LogP) is 4.06. The lowest BCUT2D eigenvalue weighted by Gasteiger charge is -2.33. The third-order valence-corrected chi connectivity index (χ3v) is 4.19. The summed E-state index contributed by atoms with van der Waals surface area (Å²) in [4.78, 5) is 0. The van der Waals surface area contributed by atoms with E-state index >= 15 is 0 Å². The summed E-state index contributed by atoms with van der Waals surface area (Å²) in [5, 5.41) is 3.65. The van der Waals surface area contributed by atoms with Gasteiger partial charge in [-0.2, -0.15) is 0 Å². The number of hydrogen-bond donors (Lipinski definition) is 1. The highest BCUT2D eigenvalue weighted by Crippen LogP contribution is 2.37. The zero-order valence-corrected chi connectivity index (χ0v) is 11.3. The monoisotopic (exact) mass is 235 g/mol. The third-order valence-electron chi connectivity index (χ3n) is 4.19. The third kappa shape index (κ3) is 2.92. The second-order valence-electron chi connectivity index (χ2n) is 5.49. The van der Waals surface area contributed by atoms with Gasteiger partial charge >= 0.3 is 0 Å². The summed E-state index contributed by atoms with van der Waals surface area (Å²) in [6, 6.07) is 2.63. The first-order chi connectivity index (χ1) is 8.22. The van der Waals surface area contributed by atoms with E-state index in [4.69, 9.17) is 4.42 Å². The lowest BCUT2D eigenvalue weighted by atomic mass is 9.77. The van der Waals surface area contributed by atoms with Crippen LogP contribution in [0.5, 0.6) is 0 Å². The molecule has 1 fully saturated rings. The summed E-state index contributed by atoms with van der Waals surface area (Å²) < 4.78 is 5.46. The van der Waals surface area contributed by atoms with Crippen molar-refractivity contribution in [1.29, 1.82) is 0 Å². The fraction of sp³-hybridized carbons (Fsp3) is 0.733. The Bertz CT molecular complexity index is 336. The lowest BCUT2D eigenvalue weighted by molar-refractivity contribution is 0.232. The smallest absolute Gasteiger partial charge is 0.105 e. The Labute approximate surface area is 105 Å². The van der Waals surface area contributed by atoms with E-state index in [9.17, 15) is 0 Å². The van der Waals surface area contributed by atoms with Gasteiger partial charge in [-0.3, -0.25) is 0 Å². The van der Waals surface area contributed by atoms with Gasteiger partial charge in [0.05, 0.1) is 6.26 Å². The summed E-state index contributed by atoms with van der Waals surface area (Å²) in [7, 11) is 0. The maximum atomic E-state index is 5.46. The van der Waals surface area contributed by atoms with Crippen LogP contribution in [0.4, 0.5) is 0 Å². The molecule has 0 amide bonds. The Kier molecular flexibility index (Phi) is 4.27. The molecule has 2 nitrogen and oxygen atoms in total. The molecule has 0 saturated heterocycles. The van der Waals surface area contributed by atoms with Gasteiger partial charge in [0.1, 0.15) is 5.76 Å². The molecule has 2 rings (SSSR count). The normalized spacial score (nSPS) is 27.0. The van der Waals surface area contributed by atoms with Gasteiger partial charge in [0, 0.05) is 11.6 Å². The van der Waals surface area contributed by atoms with Crippen LogP contribution in [0.25, 0.3) is 0 Å². The second kappa shape index (κ2) is 5.72. The summed E-state index contributed by atoms with van der Waals surface area (Å²) in [5.41, 5.74) is 1.37. The Morgan fingerprint density at radius 1 is 1.35 bits per heavy atom. The van der Waals surface area contributed by atoms with Crippen LogP contribution in [-0.4, -0.2) is 6.54 Å². The molecule has 2 heteroatoms. The van der Waals surface area contributed by atoms with Gasteiger partial charge in [0.2, 0.25) is 0 Å². The molecule has 1 unspecified atom stereocenters. The SMILES string of the molecule is CCNC(c1ccoc1C)C1CCC(C)CC1. The van der Waals surface area contributed by atoms with Crippen LogP contribution in [0.1, 0.15) is 56.9 Å². The Hall–Kier alpha value is -0.760. The number of rotatable bonds is 4.